The van der Waals surface area contributed by atoms with Gasteiger partial charge in [-0.15, -0.1) is 0 Å². The Morgan fingerprint density at radius 2 is 2.23 bits per heavy atom. The van der Waals surface area contributed by atoms with E-state index < -0.39 is 6.10 Å². The fourth-order valence-corrected chi connectivity index (χ4v) is 2.48. The van der Waals surface area contributed by atoms with Gasteiger partial charge >= 0.3 is 0 Å². The van der Waals surface area contributed by atoms with Crippen LogP contribution in [0.15, 0.2) is 42.7 Å². The van der Waals surface area contributed by atoms with Gasteiger partial charge in [0.25, 0.3) is 5.91 Å². The number of hydrogen-bond donors (Lipinski definition) is 2. The van der Waals surface area contributed by atoms with Crippen LogP contribution in [0.4, 0.5) is 0 Å². The van der Waals surface area contributed by atoms with Crippen LogP contribution < -0.4 is 10.6 Å². The van der Waals surface area contributed by atoms with Crippen LogP contribution in [0.3, 0.4) is 0 Å². The lowest BCUT2D eigenvalue weighted by Gasteiger charge is -2.23. The first-order chi connectivity index (χ1) is 10.8. The molecule has 6 heteroatoms. The predicted molar refractivity (Wildman–Crippen MR) is 82.2 cm³/mol. The first-order valence-corrected chi connectivity index (χ1v) is 7.47. The van der Waals surface area contributed by atoms with Crippen LogP contribution in [0.1, 0.15) is 11.1 Å². The fourth-order valence-electron chi connectivity index (χ4n) is 2.48. The third-order valence-electron chi connectivity index (χ3n) is 3.68. The van der Waals surface area contributed by atoms with Crippen molar-refractivity contribution in [3.05, 3.63) is 53.9 Å². The Balaban J connectivity index is 1.61. The van der Waals surface area contributed by atoms with Crippen LogP contribution in [-0.4, -0.2) is 41.5 Å². The maximum absolute atomic E-state index is 12.1. The summed E-state index contributed by atoms with van der Waals surface area (Å²) in [7, 11) is 0. The number of morpholine rings is 1. The standard InChI is InChI=1S/C16H20N4O2/c21-16(15-11-17-7-9-22-15)18-10-13-4-1-2-5-14(13)12-20-8-3-6-19-20/h1-6,8,15,17H,7,9-12H2,(H,18,21). The first-order valence-electron chi connectivity index (χ1n) is 7.47. The summed E-state index contributed by atoms with van der Waals surface area (Å²) >= 11 is 0. The fraction of sp³-hybridized carbons (Fsp3) is 0.375. The molecule has 2 aromatic rings. The van der Waals surface area contributed by atoms with Crippen molar-refractivity contribution in [1.82, 2.24) is 20.4 Å². The summed E-state index contributed by atoms with van der Waals surface area (Å²) in [6.45, 7) is 3.14. The molecule has 1 aromatic carbocycles. The summed E-state index contributed by atoms with van der Waals surface area (Å²) in [5, 5.41) is 10.3. The summed E-state index contributed by atoms with van der Waals surface area (Å²) < 4.78 is 7.32. The average Bonchev–Trinajstić information content (AvgIpc) is 3.07. The van der Waals surface area contributed by atoms with Gasteiger partial charge < -0.3 is 15.4 Å². The van der Waals surface area contributed by atoms with E-state index in [2.05, 4.69) is 21.8 Å². The molecule has 1 amide bonds. The molecule has 1 atom stereocenters. The lowest BCUT2D eigenvalue weighted by atomic mass is 10.1. The summed E-state index contributed by atoms with van der Waals surface area (Å²) in [5.74, 6) is -0.0684. The highest BCUT2D eigenvalue weighted by atomic mass is 16.5. The number of aromatic nitrogens is 2. The van der Waals surface area contributed by atoms with Crippen molar-refractivity contribution in [2.75, 3.05) is 19.7 Å². The number of nitrogens with zero attached hydrogens (tertiary/aromatic N) is 2. The Morgan fingerprint density at radius 3 is 2.95 bits per heavy atom. The Hall–Kier alpha value is -2.18. The van der Waals surface area contributed by atoms with Crippen molar-refractivity contribution in [3.63, 3.8) is 0 Å². The van der Waals surface area contributed by atoms with Crippen molar-refractivity contribution < 1.29 is 9.53 Å². The van der Waals surface area contributed by atoms with E-state index in [1.54, 1.807) is 6.20 Å². The smallest absolute Gasteiger partial charge is 0.250 e. The van der Waals surface area contributed by atoms with Crippen molar-refractivity contribution in [1.29, 1.82) is 0 Å². The molecule has 0 bridgehead atoms. The van der Waals surface area contributed by atoms with Gasteiger partial charge in [-0.3, -0.25) is 9.48 Å². The maximum Gasteiger partial charge on any atom is 0.250 e. The van der Waals surface area contributed by atoms with Gasteiger partial charge in [-0.05, 0) is 17.2 Å². The number of ether oxygens (including phenoxy) is 1. The second kappa shape index (κ2) is 7.20. The second-order valence-electron chi connectivity index (χ2n) is 5.25. The molecule has 2 N–H and O–H groups in total. The maximum atomic E-state index is 12.1. The van der Waals surface area contributed by atoms with Gasteiger partial charge in [0.05, 0.1) is 13.2 Å². The number of benzene rings is 1. The molecule has 0 radical (unpaired) electrons. The highest BCUT2D eigenvalue weighted by molar-refractivity contribution is 5.81. The zero-order valence-electron chi connectivity index (χ0n) is 12.4. The number of rotatable bonds is 5. The van der Waals surface area contributed by atoms with Crippen molar-refractivity contribution in [3.8, 4) is 0 Å². The van der Waals surface area contributed by atoms with Crippen molar-refractivity contribution in [2.24, 2.45) is 0 Å². The van der Waals surface area contributed by atoms with Crippen LogP contribution in [0.25, 0.3) is 0 Å². The van der Waals surface area contributed by atoms with Crippen molar-refractivity contribution >= 4 is 5.91 Å². The van der Waals surface area contributed by atoms with Gasteiger partial charge in [-0.1, -0.05) is 24.3 Å². The van der Waals surface area contributed by atoms with E-state index in [-0.39, 0.29) is 5.91 Å². The number of carbonyl (C=O) groups is 1. The normalized spacial score (nSPS) is 18.1. The molecule has 2 heterocycles. The summed E-state index contributed by atoms with van der Waals surface area (Å²) in [6.07, 6.45) is 3.29. The first kappa shape index (κ1) is 14.7. The second-order valence-corrected chi connectivity index (χ2v) is 5.25. The third kappa shape index (κ3) is 3.72. The van der Waals surface area contributed by atoms with Gasteiger partial charge in [-0.25, -0.2) is 0 Å². The number of carbonyl (C=O) groups excluding carboxylic acids is 1. The monoisotopic (exact) mass is 300 g/mol. The van der Waals surface area contributed by atoms with E-state index in [1.807, 2.05) is 35.1 Å². The Morgan fingerprint density at radius 1 is 1.36 bits per heavy atom. The van der Waals surface area contributed by atoms with E-state index in [4.69, 9.17) is 4.74 Å². The van der Waals surface area contributed by atoms with Gasteiger partial charge in [0.2, 0.25) is 0 Å². The van der Waals surface area contributed by atoms with E-state index in [0.717, 1.165) is 17.7 Å². The lowest BCUT2D eigenvalue weighted by molar-refractivity contribution is -0.134. The highest BCUT2D eigenvalue weighted by Gasteiger charge is 2.21. The molecule has 1 fully saturated rings. The molecular formula is C16H20N4O2. The number of nitrogens with one attached hydrogen (secondary N) is 2. The molecule has 6 nitrogen and oxygen atoms in total. The average molecular weight is 300 g/mol. The van der Waals surface area contributed by atoms with E-state index in [0.29, 0.717) is 26.2 Å². The van der Waals surface area contributed by atoms with Crippen LogP contribution in [0, 0.1) is 0 Å². The minimum Gasteiger partial charge on any atom is -0.366 e. The minimum atomic E-state index is -0.396. The van der Waals surface area contributed by atoms with Crippen LogP contribution in [0.5, 0.6) is 0 Å². The van der Waals surface area contributed by atoms with E-state index >= 15 is 0 Å². The molecule has 0 aliphatic carbocycles. The van der Waals surface area contributed by atoms with E-state index in [1.165, 1.54) is 0 Å². The zero-order chi connectivity index (χ0) is 15.2. The molecule has 1 aromatic heterocycles. The molecule has 0 saturated carbocycles. The Kier molecular flexibility index (Phi) is 4.82. The van der Waals surface area contributed by atoms with Gasteiger partial charge in [-0.2, -0.15) is 5.10 Å². The third-order valence-corrected chi connectivity index (χ3v) is 3.68. The largest absolute Gasteiger partial charge is 0.366 e. The molecule has 0 spiro atoms. The molecule has 22 heavy (non-hydrogen) atoms. The van der Waals surface area contributed by atoms with Gasteiger partial charge in [0.15, 0.2) is 0 Å². The highest BCUT2D eigenvalue weighted by Crippen LogP contribution is 2.10. The summed E-state index contributed by atoms with van der Waals surface area (Å²) in [6, 6.07) is 9.96. The number of hydrogen-bond acceptors (Lipinski definition) is 4. The Bertz CT molecular complexity index is 606. The molecule has 3 rings (SSSR count). The minimum absolute atomic E-state index is 0.0684. The SMILES string of the molecule is O=C(NCc1ccccc1Cn1cccn1)C1CNCCO1. The van der Waals surface area contributed by atoms with Gasteiger partial charge in [0.1, 0.15) is 6.10 Å². The molecular weight excluding hydrogens is 280 g/mol. The number of amides is 1. The summed E-state index contributed by atoms with van der Waals surface area (Å²) in [4.78, 5) is 12.1. The van der Waals surface area contributed by atoms with Gasteiger partial charge in [0, 0.05) is 32.0 Å². The van der Waals surface area contributed by atoms with Crippen LogP contribution in [-0.2, 0) is 22.6 Å². The van der Waals surface area contributed by atoms with E-state index in [9.17, 15) is 4.79 Å². The quantitative estimate of drug-likeness (QED) is 0.845. The Labute approximate surface area is 129 Å². The zero-order valence-corrected chi connectivity index (χ0v) is 12.4. The molecule has 1 aliphatic heterocycles. The van der Waals surface area contributed by atoms with Crippen LogP contribution in [0.2, 0.25) is 0 Å². The molecule has 1 unspecified atom stereocenters. The molecule has 1 aliphatic rings. The molecule has 1 saturated heterocycles. The van der Waals surface area contributed by atoms with Crippen molar-refractivity contribution in [2.45, 2.75) is 19.2 Å². The lowest BCUT2D eigenvalue weighted by Crippen LogP contribution is -2.47. The summed E-state index contributed by atoms with van der Waals surface area (Å²) in [5.41, 5.74) is 2.24. The molecule has 116 valence electrons. The predicted octanol–water partition coefficient (Wildman–Crippen LogP) is 0.536. The van der Waals surface area contributed by atoms with Crippen LogP contribution >= 0.6 is 0 Å². The topological polar surface area (TPSA) is 68.2 Å².